The van der Waals surface area contributed by atoms with Crippen LogP contribution in [0.15, 0.2) is 60.7 Å². The molecule has 0 bridgehead atoms. The Morgan fingerprint density at radius 2 is 1.55 bits per heavy atom. The van der Waals surface area contributed by atoms with E-state index in [-0.39, 0.29) is 0 Å². The maximum absolute atomic E-state index is 11.9. The van der Waals surface area contributed by atoms with E-state index in [1.807, 2.05) is 12.1 Å². The first-order valence-electron chi connectivity index (χ1n) is 6.48. The summed E-state index contributed by atoms with van der Waals surface area (Å²) in [6.45, 7) is 0. The molecule has 0 saturated carbocycles. The van der Waals surface area contributed by atoms with Gasteiger partial charge in [-0.25, -0.2) is 9.59 Å². The number of ether oxygens (including phenoxy) is 1. The van der Waals surface area contributed by atoms with Gasteiger partial charge in [0.15, 0.2) is 5.92 Å². The van der Waals surface area contributed by atoms with Gasteiger partial charge in [0.05, 0.1) is 6.07 Å². The Kier molecular flexibility index (Phi) is 5.07. The van der Waals surface area contributed by atoms with E-state index in [4.69, 9.17) is 5.26 Å². The van der Waals surface area contributed by atoms with Gasteiger partial charge in [0.25, 0.3) is 0 Å². The minimum absolute atomic E-state index is 0.471. The Morgan fingerprint density at radius 3 is 2.14 bits per heavy atom. The van der Waals surface area contributed by atoms with Crippen molar-refractivity contribution in [1.29, 1.82) is 5.26 Å². The molecule has 0 radical (unpaired) electrons. The fourth-order valence-electron chi connectivity index (χ4n) is 1.73. The summed E-state index contributed by atoms with van der Waals surface area (Å²) in [5.74, 6) is 1.75. The molecular weight excluding hydrogens is 278 g/mol. The molecule has 0 aliphatic heterocycles. The topological polar surface area (TPSA) is 67.2 Å². The zero-order valence-corrected chi connectivity index (χ0v) is 11.5. The molecule has 0 saturated heterocycles. The number of esters is 2. The molecule has 0 N–H and O–H groups in total. The van der Waals surface area contributed by atoms with Crippen LogP contribution in [0, 0.1) is 23.2 Å². The summed E-state index contributed by atoms with van der Waals surface area (Å²) in [7, 11) is 0. The standard InChI is InChI=1S/C18H11NO3/c19-13-16(15-9-5-2-6-10-15)18(21)22-17(20)12-11-14-7-3-1-4-8-14/h1-10,16H. The molecule has 0 spiro atoms. The van der Waals surface area contributed by atoms with Gasteiger partial charge in [-0.15, -0.1) is 0 Å². The number of nitriles is 1. The second kappa shape index (κ2) is 7.42. The Labute approximate surface area is 128 Å². The lowest BCUT2D eigenvalue weighted by molar-refractivity contribution is -0.155. The maximum Gasteiger partial charge on any atom is 0.392 e. The predicted molar refractivity (Wildman–Crippen MR) is 79.2 cm³/mol. The highest BCUT2D eigenvalue weighted by Crippen LogP contribution is 2.16. The van der Waals surface area contributed by atoms with Crippen LogP contribution in [0.2, 0.25) is 0 Å². The zero-order valence-electron chi connectivity index (χ0n) is 11.5. The average Bonchev–Trinajstić information content (AvgIpc) is 2.55. The first kappa shape index (κ1) is 15.0. The van der Waals surface area contributed by atoms with Crippen molar-refractivity contribution in [2.24, 2.45) is 0 Å². The third-order valence-electron chi connectivity index (χ3n) is 2.77. The summed E-state index contributed by atoms with van der Waals surface area (Å²) in [5.41, 5.74) is 1.10. The van der Waals surface area contributed by atoms with Gasteiger partial charge in [0, 0.05) is 11.5 Å². The number of rotatable bonds is 2. The summed E-state index contributed by atoms with van der Waals surface area (Å²) >= 11 is 0. The molecule has 0 aliphatic rings. The molecule has 0 amide bonds. The number of hydrogen-bond donors (Lipinski definition) is 0. The summed E-state index contributed by atoms with van der Waals surface area (Å²) in [6.07, 6.45) is 0. The highest BCUT2D eigenvalue weighted by atomic mass is 16.6. The Morgan fingerprint density at radius 1 is 0.955 bits per heavy atom. The smallest absolute Gasteiger partial charge is 0.382 e. The van der Waals surface area contributed by atoms with Crippen molar-refractivity contribution in [2.45, 2.75) is 5.92 Å². The molecule has 106 valence electrons. The molecular formula is C18H11NO3. The number of nitrogens with zero attached hydrogens (tertiary/aromatic N) is 1. The highest BCUT2D eigenvalue weighted by Gasteiger charge is 2.23. The zero-order chi connectivity index (χ0) is 15.8. The second-order valence-corrected chi connectivity index (χ2v) is 4.30. The van der Waals surface area contributed by atoms with Gasteiger partial charge in [-0.2, -0.15) is 5.26 Å². The normalized spacial score (nSPS) is 10.5. The van der Waals surface area contributed by atoms with Crippen molar-refractivity contribution < 1.29 is 14.3 Å². The van der Waals surface area contributed by atoms with Crippen molar-refractivity contribution in [2.75, 3.05) is 0 Å². The average molecular weight is 289 g/mol. The van der Waals surface area contributed by atoms with Crippen LogP contribution >= 0.6 is 0 Å². The molecule has 0 aromatic heterocycles. The summed E-state index contributed by atoms with van der Waals surface area (Å²) in [5, 5.41) is 9.07. The lowest BCUT2D eigenvalue weighted by atomic mass is 10.0. The van der Waals surface area contributed by atoms with Crippen molar-refractivity contribution in [3.8, 4) is 17.9 Å². The predicted octanol–water partition coefficient (Wildman–Crippen LogP) is 2.42. The SMILES string of the molecule is N#CC(C(=O)OC(=O)C#Cc1ccccc1)c1ccccc1. The Bertz CT molecular complexity index is 765. The number of hydrogen-bond acceptors (Lipinski definition) is 4. The van der Waals surface area contributed by atoms with E-state index in [2.05, 4.69) is 16.6 Å². The maximum atomic E-state index is 11.9. The van der Waals surface area contributed by atoms with Crippen LogP contribution in [0.1, 0.15) is 17.0 Å². The van der Waals surface area contributed by atoms with Gasteiger partial charge in [-0.1, -0.05) is 54.5 Å². The van der Waals surface area contributed by atoms with Gasteiger partial charge >= 0.3 is 11.9 Å². The number of carbonyl (C=O) groups is 2. The molecule has 1 unspecified atom stereocenters. The van der Waals surface area contributed by atoms with Crippen LogP contribution in [-0.4, -0.2) is 11.9 Å². The van der Waals surface area contributed by atoms with E-state index in [0.717, 1.165) is 0 Å². The monoisotopic (exact) mass is 289 g/mol. The molecule has 4 heteroatoms. The number of carbonyl (C=O) groups excluding carboxylic acids is 2. The van der Waals surface area contributed by atoms with E-state index in [1.54, 1.807) is 54.6 Å². The minimum Gasteiger partial charge on any atom is -0.382 e. The number of benzene rings is 2. The quantitative estimate of drug-likeness (QED) is 0.484. The third kappa shape index (κ3) is 4.06. The molecule has 22 heavy (non-hydrogen) atoms. The van der Waals surface area contributed by atoms with E-state index >= 15 is 0 Å². The van der Waals surface area contributed by atoms with E-state index in [0.29, 0.717) is 11.1 Å². The Hall–Kier alpha value is -3.37. The fourth-order valence-corrected chi connectivity index (χ4v) is 1.73. The summed E-state index contributed by atoms with van der Waals surface area (Å²) < 4.78 is 4.61. The van der Waals surface area contributed by atoms with Crippen LogP contribution in [0.4, 0.5) is 0 Å². The van der Waals surface area contributed by atoms with Crippen LogP contribution in [0.5, 0.6) is 0 Å². The highest BCUT2D eigenvalue weighted by molar-refractivity contribution is 5.99. The molecule has 2 rings (SSSR count). The van der Waals surface area contributed by atoms with Gasteiger partial charge in [-0.05, 0) is 17.7 Å². The second-order valence-electron chi connectivity index (χ2n) is 4.30. The van der Waals surface area contributed by atoms with Gasteiger partial charge in [0.1, 0.15) is 0 Å². The minimum atomic E-state index is -1.15. The van der Waals surface area contributed by atoms with E-state index < -0.39 is 17.9 Å². The first-order chi connectivity index (χ1) is 10.7. The molecule has 2 aromatic carbocycles. The van der Waals surface area contributed by atoms with Crippen molar-refractivity contribution in [3.63, 3.8) is 0 Å². The largest absolute Gasteiger partial charge is 0.392 e. The third-order valence-corrected chi connectivity index (χ3v) is 2.77. The molecule has 0 aliphatic carbocycles. The van der Waals surface area contributed by atoms with E-state index in [9.17, 15) is 9.59 Å². The lowest BCUT2D eigenvalue weighted by Gasteiger charge is -2.06. The first-order valence-corrected chi connectivity index (χ1v) is 6.48. The van der Waals surface area contributed by atoms with Gasteiger partial charge in [0.2, 0.25) is 0 Å². The molecule has 2 aromatic rings. The van der Waals surface area contributed by atoms with Crippen LogP contribution in [-0.2, 0) is 14.3 Å². The van der Waals surface area contributed by atoms with Gasteiger partial charge < -0.3 is 4.74 Å². The summed E-state index contributed by atoms with van der Waals surface area (Å²) in [4.78, 5) is 23.4. The molecule has 0 fully saturated rings. The van der Waals surface area contributed by atoms with Crippen LogP contribution < -0.4 is 0 Å². The molecule has 1 atom stereocenters. The van der Waals surface area contributed by atoms with Crippen LogP contribution in [0.3, 0.4) is 0 Å². The fraction of sp³-hybridized carbons (Fsp3) is 0.0556. The van der Waals surface area contributed by atoms with E-state index in [1.165, 1.54) is 0 Å². The van der Waals surface area contributed by atoms with Crippen molar-refractivity contribution >= 4 is 11.9 Å². The van der Waals surface area contributed by atoms with Gasteiger partial charge in [-0.3, -0.25) is 0 Å². The van der Waals surface area contributed by atoms with Crippen LogP contribution in [0.25, 0.3) is 0 Å². The lowest BCUT2D eigenvalue weighted by Crippen LogP contribution is -2.18. The van der Waals surface area contributed by atoms with Crippen molar-refractivity contribution in [1.82, 2.24) is 0 Å². The summed E-state index contributed by atoms with van der Waals surface area (Å²) in [6, 6.07) is 19.1. The Balaban J connectivity index is 2.04. The van der Waals surface area contributed by atoms with Crippen molar-refractivity contribution in [3.05, 3.63) is 71.8 Å². The molecule has 0 heterocycles. The molecule has 4 nitrogen and oxygen atoms in total.